The van der Waals surface area contributed by atoms with Crippen molar-refractivity contribution < 1.29 is 8.78 Å². The molecular weight excluding hydrogens is 264 g/mol. The first-order valence-electron chi connectivity index (χ1n) is 4.41. The molecule has 0 unspecified atom stereocenters. The molecule has 0 aliphatic carbocycles. The van der Waals surface area contributed by atoms with Crippen molar-refractivity contribution in [2.24, 2.45) is 0 Å². The van der Waals surface area contributed by atoms with E-state index >= 15 is 0 Å². The van der Waals surface area contributed by atoms with Gasteiger partial charge in [-0.1, -0.05) is 0 Å². The van der Waals surface area contributed by atoms with Crippen LogP contribution < -0.4 is 0 Å². The van der Waals surface area contributed by atoms with Crippen LogP contribution in [0.15, 0.2) is 41.1 Å². The van der Waals surface area contributed by atoms with Crippen molar-refractivity contribution in [2.45, 2.75) is 6.54 Å². The fourth-order valence-corrected chi connectivity index (χ4v) is 1.74. The second-order valence-electron chi connectivity index (χ2n) is 3.18. The van der Waals surface area contributed by atoms with E-state index in [2.05, 4.69) is 15.9 Å². The Hall–Kier alpha value is -1.16. The standard InChI is InChI=1S/C11H8BrF2N/c12-9-3-4-10(13)8(11(9)14)7-15-5-1-2-6-15/h1-6H,7H2. The van der Waals surface area contributed by atoms with Gasteiger partial charge in [0.15, 0.2) is 0 Å². The van der Waals surface area contributed by atoms with E-state index in [1.54, 1.807) is 17.0 Å². The predicted octanol–water partition coefficient (Wildman–Crippen LogP) is 3.58. The molecule has 0 aliphatic heterocycles. The minimum absolute atomic E-state index is 0.0700. The third-order valence-electron chi connectivity index (χ3n) is 2.15. The first-order valence-corrected chi connectivity index (χ1v) is 5.21. The van der Waals surface area contributed by atoms with Crippen LogP contribution in [0.25, 0.3) is 0 Å². The topological polar surface area (TPSA) is 4.93 Å². The van der Waals surface area contributed by atoms with Crippen molar-refractivity contribution in [3.05, 3.63) is 58.3 Å². The SMILES string of the molecule is Fc1ccc(Br)c(F)c1Cn1cccc1. The van der Waals surface area contributed by atoms with Gasteiger partial charge in [-0.2, -0.15) is 0 Å². The van der Waals surface area contributed by atoms with E-state index in [0.717, 1.165) is 0 Å². The summed E-state index contributed by atoms with van der Waals surface area (Å²) in [4.78, 5) is 0. The van der Waals surface area contributed by atoms with Gasteiger partial charge in [0.1, 0.15) is 11.6 Å². The van der Waals surface area contributed by atoms with Gasteiger partial charge in [0.05, 0.1) is 11.0 Å². The van der Waals surface area contributed by atoms with E-state index in [0.29, 0.717) is 0 Å². The molecular formula is C11H8BrF2N. The maximum Gasteiger partial charge on any atom is 0.145 e. The van der Waals surface area contributed by atoms with Gasteiger partial charge in [0.2, 0.25) is 0 Å². The van der Waals surface area contributed by atoms with Crippen molar-refractivity contribution in [1.82, 2.24) is 4.57 Å². The Balaban J connectivity index is 2.39. The number of hydrogen-bond acceptors (Lipinski definition) is 0. The zero-order valence-electron chi connectivity index (χ0n) is 7.75. The third-order valence-corrected chi connectivity index (χ3v) is 2.76. The molecule has 0 atom stereocenters. The molecule has 78 valence electrons. The molecule has 1 aromatic carbocycles. The Labute approximate surface area is 94.5 Å². The Bertz CT molecular complexity index is 466. The third kappa shape index (κ3) is 2.09. The molecule has 0 N–H and O–H groups in total. The highest BCUT2D eigenvalue weighted by Gasteiger charge is 2.12. The molecule has 0 saturated heterocycles. The number of hydrogen-bond donors (Lipinski definition) is 0. The van der Waals surface area contributed by atoms with Gasteiger partial charge < -0.3 is 4.57 Å². The van der Waals surface area contributed by atoms with Crippen LogP contribution in [0.5, 0.6) is 0 Å². The van der Waals surface area contributed by atoms with Crippen LogP contribution in [-0.4, -0.2) is 4.57 Å². The molecule has 1 aromatic heterocycles. The highest BCUT2D eigenvalue weighted by atomic mass is 79.9. The van der Waals surface area contributed by atoms with Crippen molar-refractivity contribution in [2.75, 3.05) is 0 Å². The molecule has 0 radical (unpaired) electrons. The minimum Gasteiger partial charge on any atom is -0.350 e. The summed E-state index contributed by atoms with van der Waals surface area (Å²) >= 11 is 3.03. The summed E-state index contributed by atoms with van der Waals surface area (Å²) in [5.41, 5.74) is 0.0700. The number of halogens is 3. The lowest BCUT2D eigenvalue weighted by molar-refractivity contribution is 0.541. The summed E-state index contributed by atoms with van der Waals surface area (Å²) in [5, 5.41) is 0. The van der Waals surface area contributed by atoms with Crippen molar-refractivity contribution in [3.63, 3.8) is 0 Å². The Morgan fingerprint density at radius 3 is 2.47 bits per heavy atom. The van der Waals surface area contributed by atoms with Crippen LogP contribution in [0.4, 0.5) is 8.78 Å². The van der Waals surface area contributed by atoms with Gasteiger partial charge in [0, 0.05) is 18.0 Å². The Morgan fingerprint density at radius 1 is 1.13 bits per heavy atom. The molecule has 0 aliphatic rings. The first-order chi connectivity index (χ1) is 7.18. The van der Waals surface area contributed by atoms with Crippen LogP contribution in [0, 0.1) is 11.6 Å². The quantitative estimate of drug-likeness (QED) is 0.736. The van der Waals surface area contributed by atoms with Crippen molar-refractivity contribution in [3.8, 4) is 0 Å². The number of benzene rings is 1. The molecule has 2 rings (SSSR count). The van der Waals surface area contributed by atoms with E-state index in [4.69, 9.17) is 0 Å². The van der Waals surface area contributed by atoms with E-state index < -0.39 is 11.6 Å². The number of aromatic nitrogens is 1. The zero-order chi connectivity index (χ0) is 10.8. The second-order valence-corrected chi connectivity index (χ2v) is 4.03. The molecule has 1 heterocycles. The average molecular weight is 272 g/mol. The molecule has 15 heavy (non-hydrogen) atoms. The van der Waals surface area contributed by atoms with Crippen LogP contribution in [0.2, 0.25) is 0 Å². The highest BCUT2D eigenvalue weighted by molar-refractivity contribution is 9.10. The fraction of sp³-hybridized carbons (Fsp3) is 0.0909. The lowest BCUT2D eigenvalue weighted by Gasteiger charge is -2.07. The molecule has 0 spiro atoms. The summed E-state index contributed by atoms with van der Waals surface area (Å²) < 4.78 is 28.9. The predicted molar refractivity (Wildman–Crippen MR) is 57.6 cm³/mol. The maximum absolute atomic E-state index is 13.6. The molecule has 0 saturated carbocycles. The summed E-state index contributed by atoms with van der Waals surface area (Å²) in [7, 11) is 0. The average Bonchev–Trinajstić information content (AvgIpc) is 2.71. The Kier molecular flexibility index (Phi) is 2.86. The molecule has 2 aromatic rings. The fourth-order valence-electron chi connectivity index (χ4n) is 1.37. The molecule has 1 nitrogen and oxygen atoms in total. The number of nitrogens with zero attached hydrogens (tertiary/aromatic N) is 1. The first kappa shape index (κ1) is 10.4. The van der Waals surface area contributed by atoms with Crippen molar-refractivity contribution >= 4 is 15.9 Å². The molecule has 0 amide bonds. The minimum atomic E-state index is -0.538. The van der Waals surface area contributed by atoms with E-state index in [9.17, 15) is 8.78 Å². The smallest absolute Gasteiger partial charge is 0.145 e. The molecule has 0 bridgehead atoms. The summed E-state index contributed by atoms with van der Waals surface area (Å²) in [6.07, 6.45) is 3.53. The van der Waals surface area contributed by atoms with Crippen LogP contribution >= 0.6 is 15.9 Å². The highest BCUT2D eigenvalue weighted by Crippen LogP contribution is 2.22. The molecule has 0 fully saturated rings. The van der Waals surface area contributed by atoms with E-state index in [-0.39, 0.29) is 16.6 Å². The van der Waals surface area contributed by atoms with Crippen molar-refractivity contribution in [1.29, 1.82) is 0 Å². The lowest BCUT2D eigenvalue weighted by Crippen LogP contribution is -2.03. The van der Waals surface area contributed by atoms with Crippen LogP contribution in [0.3, 0.4) is 0 Å². The van der Waals surface area contributed by atoms with Gasteiger partial charge in [-0.05, 0) is 40.2 Å². The van der Waals surface area contributed by atoms with E-state index in [1.165, 1.54) is 12.1 Å². The second kappa shape index (κ2) is 4.14. The number of rotatable bonds is 2. The lowest BCUT2D eigenvalue weighted by atomic mass is 10.2. The summed E-state index contributed by atoms with van der Waals surface area (Å²) in [6, 6.07) is 6.25. The summed E-state index contributed by atoms with van der Waals surface area (Å²) in [5.74, 6) is -1.06. The zero-order valence-corrected chi connectivity index (χ0v) is 9.34. The van der Waals surface area contributed by atoms with Gasteiger partial charge >= 0.3 is 0 Å². The van der Waals surface area contributed by atoms with Crippen LogP contribution in [-0.2, 0) is 6.54 Å². The molecule has 4 heteroatoms. The van der Waals surface area contributed by atoms with Crippen LogP contribution in [0.1, 0.15) is 5.56 Å². The normalized spacial score (nSPS) is 10.6. The van der Waals surface area contributed by atoms with E-state index in [1.807, 2.05) is 12.1 Å². The largest absolute Gasteiger partial charge is 0.350 e. The van der Waals surface area contributed by atoms with Gasteiger partial charge in [-0.15, -0.1) is 0 Å². The maximum atomic E-state index is 13.6. The van der Waals surface area contributed by atoms with Gasteiger partial charge in [-0.25, -0.2) is 8.78 Å². The van der Waals surface area contributed by atoms with Gasteiger partial charge in [0.25, 0.3) is 0 Å². The monoisotopic (exact) mass is 271 g/mol. The Morgan fingerprint density at radius 2 is 1.80 bits per heavy atom. The summed E-state index contributed by atoms with van der Waals surface area (Å²) in [6.45, 7) is 0.199. The van der Waals surface area contributed by atoms with Gasteiger partial charge in [-0.3, -0.25) is 0 Å².